The fourth-order valence-electron chi connectivity index (χ4n) is 1.78. The molecule has 0 aromatic carbocycles. The molecule has 0 saturated heterocycles. The van der Waals surface area contributed by atoms with Crippen molar-refractivity contribution in [2.24, 2.45) is 7.05 Å². The molecular formula is C12H15N3O6. The summed E-state index contributed by atoms with van der Waals surface area (Å²) in [6.07, 6.45) is 0. The number of rotatable bonds is 5. The maximum absolute atomic E-state index is 12.3. The largest absolute Gasteiger partial charge is 0.480 e. The van der Waals surface area contributed by atoms with Crippen molar-refractivity contribution in [3.8, 4) is 0 Å². The molecule has 1 amide bonds. The first kappa shape index (κ1) is 16.3. The summed E-state index contributed by atoms with van der Waals surface area (Å²) < 4.78 is 0.954. The SMILES string of the molecule is Cc1nn(C)c(=O)c(C(=O)N(CC(=O)O)CC(=O)O)c1C. The summed E-state index contributed by atoms with van der Waals surface area (Å²) in [5.41, 5.74) is -0.258. The number of carbonyl (C=O) groups is 3. The summed E-state index contributed by atoms with van der Waals surface area (Å²) in [6, 6.07) is 0. The lowest BCUT2D eigenvalue weighted by atomic mass is 10.1. The van der Waals surface area contributed by atoms with Gasteiger partial charge < -0.3 is 15.1 Å². The number of carbonyl (C=O) groups excluding carboxylic acids is 1. The minimum atomic E-state index is -1.37. The first-order valence-electron chi connectivity index (χ1n) is 5.92. The molecule has 9 heteroatoms. The van der Waals surface area contributed by atoms with E-state index in [0.717, 1.165) is 4.68 Å². The molecule has 0 aliphatic heterocycles. The molecule has 1 heterocycles. The molecule has 1 aromatic rings. The number of aryl methyl sites for hydroxylation is 2. The fourth-order valence-corrected chi connectivity index (χ4v) is 1.78. The van der Waals surface area contributed by atoms with Gasteiger partial charge in [0.25, 0.3) is 11.5 Å². The van der Waals surface area contributed by atoms with Gasteiger partial charge in [0, 0.05) is 7.05 Å². The van der Waals surface area contributed by atoms with Crippen molar-refractivity contribution >= 4 is 17.8 Å². The highest BCUT2D eigenvalue weighted by Crippen LogP contribution is 2.09. The van der Waals surface area contributed by atoms with Crippen molar-refractivity contribution in [1.82, 2.24) is 14.7 Å². The van der Waals surface area contributed by atoms with E-state index in [1.54, 1.807) is 6.92 Å². The second kappa shape index (κ2) is 6.16. The molecule has 9 nitrogen and oxygen atoms in total. The van der Waals surface area contributed by atoms with Crippen LogP contribution >= 0.6 is 0 Å². The molecule has 0 saturated carbocycles. The lowest BCUT2D eigenvalue weighted by Crippen LogP contribution is -2.43. The number of carboxylic acids is 2. The Kier molecular flexibility index (Phi) is 4.79. The van der Waals surface area contributed by atoms with Crippen LogP contribution in [0, 0.1) is 13.8 Å². The monoisotopic (exact) mass is 297 g/mol. The highest BCUT2D eigenvalue weighted by atomic mass is 16.4. The van der Waals surface area contributed by atoms with E-state index in [0.29, 0.717) is 16.2 Å². The zero-order valence-electron chi connectivity index (χ0n) is 11.8. The predicted molar refractivity (Wildman–Crippen MR) is 70.1 cm³/mol. The third-order valence-corrected chi connectivity index (χ3v) is 2.88. The zero-order valence-corrected chi connectivity index (χ0v) is 11.8. The van der Waals surface area contributed by atoms with Crippen LogP contribution in [0.25, 0.3) is 0 Å². The molecule has 0 aliphatic carbocycles. The lowest BCUT2D eigenvalue weighted by Gasteiger charge is -2.19. The van der Waals surface area contributed by atoms with Crippen molar-refractivity contribution in [3.05, 3.63) is 27.2 Å². The molecule has 114 valence electrons. The van der Waals surface area contributed by atoms with Gasteiger partial charge in [-0.25, -0.2) is 4.68 Å². The van der Waals surface area contributed by atoms with E-state index < -0.39 is 36.5 Å². The highest BCUT2D eigenvalue weighted by Gasteiger charge is 2.26. The first-order valence-corrected chi connectivity index (χ1v) is 5.92. The Bertz CT molecular complexity index is 648. The van der Waals surface area contributed by atoms with E-state index in [4.69, 9.17) is 10.2 Å². The Balaban J connectivity index is 3.36. The molecule has 1 rings (SSSR count). The Morgan fingerprint density at radius 1 is 1.14 bits per heavy atom. The summed E-state index contributed by atoms with van der Waals surface area (Å²) in [5.74, 6) is -3.68. The molecule has 0 atom stereocenters. The van der Waals surface area contributed by atoms with Crippen molar-refractivity contribution in [1.29, 1.82) is 0 Å². The van der Waals surface area contributed by atoms with Gasteiger partial charge in [0.2, 0.25) is 0 Å². The summed E-state index contributed by atoms with van der Waals surface area (Å²) in [5, 5.41) is 21.4. The number of hydrogen-bond donors (Lipinski definition) is 2. The normalized spacial score (nSPS) is 10.2. The molecule has 2 N–H and O–H groups in total. The molecule has 0 bridgehead atoms. The summed E-state index contributed by atoms with van der Waals surface area (Å²) in [6.45, 7) is 1.46. The predicted octanol–water partition coefficient (Wildman–Crippen LogP) is -0.991. The van der Waals surface area contributed by atoms with Crippen LogP contribution in [0.15, 0.2) is 4.79 Å². The highest BCUT2D eigenvalue weighted by molar-refractivity contribution is 5.98. The van der Waals surface area contributed by atoms with Crippen molar-refractivity contribution in [2.75, 3.05) is 13.1 Å². The van der Waals surface area contributed by atoms with Gasteiger partial charge in [-0.15, -0.1) is 0 Å². The molecular weight excluding hydrogens is 282 g/mol. The molecule has 0 radical (unpaired) electrons. The van der Waals surface area contributed by atoms with Gasteiger partial charge in [0.1, 0.15) is 18.7 Å². The van der Waals surface area contributed by atoms with Gasteiger partial charge >= 0.3 is 11.9 Å². The average molecular weight is 297 g/mol. The minimum Gasteiger partial charge on any atom is -0.480 e. The van der Waals surface area contributed by atoms with Crippen molar-refractivity contribution < 1.29 is 24.6 Å². The van der Waals surface area contributed by atoms with Crippen LogP contribution < -0.4 is 5.56 Å². The second-order valence-corrected chi connectivity index (χ2v) is 4.46. The standard InChI is InChI=1S/C12H15N3O6/c1-6-7(2)13-14(3)11(20)10(6)12(21)15(4-8(16)17)5-9(18)19/h4-5H2,1-3H3,(H,16,17)(H,18,19). The molecule has 21 heavy (non-hydrogen) atoms. The quantitative estimate of drug-likeness (QED) is 0.713. The van der Waals surface area contributed by atoms with Crippen LogP contribution in [0.5, 0.6) is 0 Å². The molecule has 0 unspecified atom stereocenters. The molecule has 0 aliphatic rings. The van der Waals surface area contributed by atoms with Gasteiger partial charge in [0.05, 0.1) is 5.69 Å². The maximum Gasteiger partial charge on any atom is 0.323 e. The van der Waals surface area contributed by atoms with Crippen LogP contribution in [0.4, 0.5) is 0 Å². The molecule has 1 aromatic heterocycles. The number of amides is 1. The number of hydrogen-bond acceptors (Lipinski definition) is 5. The van der Waals surface area contributed by atoms with Gasteiger partial charge in [-0.3, -0.25) is 19.2 Å². The van der Waals surface area contributed by atoms with Crippen LogP contribution in [-0.4, -0.2) is 55.8 Å². The smallest absolute Gasteiger partial charge is 0.323 e. The Hall–Kier alpha value is -2.71. The molecule has 0 spiro atoms. The number of aromatic nitrogens is 2. The molecule has 0 fully saturated rings. The average Bonchev–Trinajstić information content (AvgIpc) is 2.34. The van der Waals surface area contributed by atoms with Gasteiger partial charge in [-0.05, 0) is 19.4 Å². The van der Waals surface area contributed by atoms with E-state index in [2.05, 4.69) is 5.10 Å². The van der Waals surface area contributed by atoms with Crippen LogP contribution in [-0.2, 0) is 16.6 Å². The summed E-state index contributed by atoms with van der Waals surface area (Å²) in [4.78, 5) is 46.4. The maximum atomic E-state index is 12.3. The number of nitrogens with zero attached hydrogens (tertiary/aromatic N) is 3. The van der Waals surface area contributed by atoms with E-state index in [-0.39, 0.29) is 5.56 Å². The Morgan fingerprint density at radius 2 is 1.62 bits per heavy atom. The van der Waals surface area contributed by atoms with E-state index >= 15 is 0 Å². The number of aliphatic carboxylic acids is 2. The van der Waals surface area contributed by atoms with E-state index in [9.17, 15) is 19.2 Å². The second-order valence-electron chi connectivity index (χ2n) is 4.46. The van der Waals surface area contributed by atoms with Crippen molar-refractivity contribution in [2.45, 2.75) is 13.8 Å². The Labute approximate surface area is 119 Å². The van der Waals surface area contributed by atoms with Crippen LogP contribution in [0.3, 0.4) is 0 Å². The van der Waals surface area contributed by atoms with Gasteiger partial charge in [-0.2, -0.15) is 5.10 Å². The summed E-state index contributed by atoms with van der Waals surface area (Å²) in [7, 11) is 1.35. The first-order chi connectivity index (χ1) is 9.65. The number of carboxylic acid groups (broad SMARTS) is 2. The van der Waals surface area contributed by atoms with E-state index in [1.165, 1.54) is 14.0 Å². The minimum absolute atomic E-state index is 0.271. The fraction of sp³-hybridized carbons (Fsp3) is 0.417. The zero-order chi connectivity index (χ0) is 16.3. The van der Waals surface area contributed by atoms with Gasteiger partial charge in [0.15, 0.2) is 0 Å². The summed E-state index contributed by atoms with van der Waals surface area (Å²) >= 11 is 0. The van der Waals surface area contributed by atoms with Crippen LogP contribution in [0.2, 0.25) is 0 Å². The van der Waals surface area contributed by atoms with Crippen molar-refractivity contribution in [3.63, 3.8) is 0 Å². The topological polar surface area (TPSA) is 130 Å². The van der Waals surface area contributed by atoms with Crippen LogP contribution in [0.1, 0.15) is 21.6 Å². The van der Waals surface area contributed by atoms with E-state index in [1.807, 2.05) is 0 Å². The third kappa shape index (κ3) is 3.65. The third-order valence-electron chi connectivity index (χ3n) is 2.88. The lowest BCUT2D eigenvalue weighted by molar-refractivity contribution is -0.140. The Morgan fingerprint density at radius 3 is 2.05 bits per heavy atom. The van der Waals surface area contributed by atoms with Gasteiger partial charge in [-0.1, -0.05) is 0 Å².